The van der Waals surface area contributed by atoms with E-state index in [2.05, 4.69) is 4.74 Å². The normalized spacial score (nSPS) is 15.0. The molecule has 0 spiro atoms. The lowest BCUT2D eigenvalue weighted by molar-refractivity contribution is -0.162. The molecule has 7 heteroatoms. The highest BCUT2D eigenvalue weighted by Gasteiger charge is 2.36. The Hall–Kier alpha value is -1.79. The van der Waals surface area contributed by atoms with Crippen LogP contribution >= 0.6 is 0 Å². The Morgan fingerprint density at radius 2 is 1.85 bits per heavy atom. The molecule has 0 atom stereocenters. The standard InChI is InChI=1S/C13H13F4NO2/c14-10-3-1-9(2-4-10)7-18(11-5-6-11)12(19)20-8-13(15,16)17/h1-4,11H,5-8H2. The fourth-order valence-electron chi connectivity index (χ4n) is 1.74. The number of carbonyl (C=O) groups is 1. The number of ether oxygens (including phenoxy) is 1. The minimum absolute atomic E-state index is 0.0965. The Balaban J connectivity index is 1.96. The van der Waals surface area contributed by atoms with Crippen molar-refractivity contribution in [2.45, 2.75) is 31.6 Å². The molecule has 0 bridgehead atoms. The van der Waals surface area contributed by atoms with E-state index >= 15 is 0 Å². The molecule has 1 saturated carbocycles. The van der Waals surface area contributed by atoms with Gasteiger partial charge in [0.1, 0.15) is 5.82 Å². The predicted octanol–water partition coefficient (Wildman–Crippen LogP) is 3.49. The molecule has 1 aromatic rings. The van der Waals surface area contributed by atoms with Crippen LogP contribution in [0.4, 0.5) is 22.4 Å². The van der Waals surface area contributed by atoms with Gasteiger partial charge < -0.3 is 9.64 Å². The molecule has 1 amide bonds. The van der Waals surface area contributed by atoms with Gasteiger partial charge in [0.2, 0.25) is 0 Å². The Kier molecular flexibility index (Phi) is 4.15. The van der Waals surface area contributed by atoms with Crippen LogP contribution in [-0.2, 0) is 11.3 Å². The molecule has 20 heavy (non-hydrogen) atoms. The van der Waals surface area contributed by atoms with Gasteiger partial charge in [0.05, 0.1) is 0 Å². The second-order valence-corrected chi connectivity index (χ2v) is 4.66. The number of hydrogen-bond donors (Lipinski definition) is 0. The zero-order valence-corrected chi connectivity index (χ0v) is 10.5. The molecule has 3 nitrogen and oxygen atoms in total. The topological polar surface area (TPSA) is 29.5 Å². The Morgan fingerprint density at radius 1 is 1.25 bits per heavy atom. The zero-order chi connectivity index (χ0) is 14.8. The number of carbonyl (C=O) groups excluding carboxylic acids is 1. The van der Waals surface area contributed by atoms with Crippen LogP contribution in [-0.4, -0.2) is 29.8 Å². The van der Waals surface area contributed by atoms with E-state index in [4.69, 9.17) is 0 Å². The lowest BCUT2D eigenvalue weighted by Crippen LogP contribution is -2.35. The molecule has 0 aromatic heterocycles. The second kappa shape index (κ2) is 5.68. The SMILES string of the molecule is O=C(OCC(F)(F)F)N(Cc1ccc(F)cc1)C1CC1. The molecule has 1 fully saturated rings. The molecule has 110 valence electrons. The maximum atomic E-state index is 12.8. The fraction of sp³-hybridized carbons (Fsp3) is 0.462. The molecule has 0 heterocycles. The van der Waals surface area contributed by atoms with Crippen molar-refractivity contribution in [2.75, 3.05) is 6.61 Å². The highest BCUT2D eigenvalue weighted by atomic mass is 19.4. The monoisotopic (exact) mass is 291 g/mol. The van der Waals surface area contributed by atoms with E-state index in [-0.39, 0.29) is 12.6 Å². The Labute approximate surface area is 113 Å². The van der Waals surface area contributed by atoms with Gasteiger partial charge in [-0.3, -0.25) is 0 Å². The van der Waals surface area contributed by atoms with Crippen LogP contribution in [0.5, 0.6) is 0 Å². The number of amides is 1. The van der Waals surface area contributed by atoms with Gasteiger partial charge in [-0.25, -0.2) is 9.18 Å². The molecule has 0 N–H and O–H groups in total. The van der Waals surface area contributed by atoms with Crippen molar-refractivity contribution in [1.29, 1.82) is 0 Å². The van der Waals surface area contributed by atoms with E-state index in [1.807, 2.05) is 0 Å². The number of benzene rings is 1. The van der Waals surface area contributed by atoms with Gasteiger partial charge in [0.25, 0.3) is 0 Å². The van der Waals surface area contributed by atoms with Crippen molar-refractivity contribution in [1.82, 2.24) is 4.90 Å². The first kappa shape index (κ1) is 14.6. The van der Waals surface area contributed by atoms with Crippen molar-refractivity contribution < 1.29 is 27.1 Å². The summed E-state index contributed by atoms with van der Waals surface area (Å²) in [6.45, 7) is -1.49. The van der Waals surface area contributed by atoms with Crippen molar-refractivity contribution in [3.05, 3.63) is 35.6 Å². The molecular weight excluding hydrogens is 278 g/mol. The summed E-state index contributed by atoms with van der Waals surface area (Å²) in [5, 5.41) is 0. The van der Waals surface area contributed by atoms with Crippen LogP contribution in [0, 0.1) is 5.82 Å². The van der Waals surface area contributed by atoms with Gasteiger partial charge >= 0.3 is 12.3 Å². The van der Waals surface area contributed by atoms with Gasteiger partial charge in [-0.1, -0.05) is 12.1 Å². The van der Waals surface area contributed by atoms with Gasteiger partial charge in [0, 0.05) is 12.6 Å². The lowest BCUT2D eigenvalue weighted by Gasteiger charge is -2.22. The number of alkyl halides is 3. The third kappa shape index (κ3) is 4.40. The van der Waals surface area contributed by atoms with E-state index in [9.17, 15) is 22.4 Å². The van der Waals surface area contributed by atoms with Crippen molar-refractivity contribution in [3.8, 4) is 0 Å². The summed E-state index contributed by atoms with van der Waals surface area (Å²) in [7, 11) is 0. The van der Waals surface area contributed by atoms with Gasteiger partial charge in [0.15, 0.2) is 6.61 Å². The van der Waals surface area contributed by atoms with Gasteiger partial charge in [-0.05, 0) is 30.5 Å². The fourth-order valence-corrected chi connectivity index (χ4v) is 1.74. The number of nitrogens with zero attached hydrogens (tertiary/aromatic N) is 1. The van der Waals surface area contributed by atoms with Crippen LogP contribution in [0.15, 0.2) is 24.3 Å². The van der Waals surface area contributed by atoms with Crippen molar-refractivity contribution in [2.24, 2.45) is 0 Å². The maximum absolute atomic E-state index is 12.8. The first-order chi connectivity index (χ1) is 9.35. The average Bonchev–Trinajstić information content (AvgIpc) is 3.18. The van der Waals surface area contributed by atoms with Crippen LogP contribution < -0.4 is 0 Å². The molecule has 2 rings (SSSR count). The summed E-state index contributed by atoms with van der Waals surface area (Å²) in [4.78, 5) is 12.9. The molecular formula is C13H13F4NO2. The predicted molar refractivity (Wildman–Crippen MR) is 62.4 cm³/mol. The summed E-state index contributed by atoms with van der Waals surface area (Å²) in [5.74, 6) is -0.411. The molecule has 0 radical (unpaired) electrons. The van der Waals surface area contributed by atoms with Crippen molar-refractivity contribution >= 4 is 6.09 Å². The van der Waals surface area contributed by atoms with Crippen LogP contribution in [0.3, 0.4) is 0 Å². The van der Waals surface area contributed by atoms with E-state index in [1.54, 1.807) is 0 Å². The smallest absolute Gasteiger partial charge is 0.422 e. The summed E-state index contributed by atoms with van der Waals surface area (Å²) < 4.78 is 53.1. The minimum atomic E-state index is -4.54. The Bertz CT molecular complexity index is 468. The molecule has 1 aromatic carbocycles. The summed E-state index contributed by atoms with van der Waals surface area (Å²) in [5.41, 5.74) is 0.641. The molecule has 0 aliphatic heterocycles. The first-order valence-corrected chi connectivity index (χ1v) is 6.10. The van der Waals surface area contributed by atoms with Crippen LogP contribution in [0.1, 0.15) is 18.4 Å². The van der Waals surface area contributed by atoms with E-state index in [1.165, 1.54) is 29.2 Å². The summed E-state index contributed by atoms with van der Waals surface area (Å²) in [6, 6.07) is 5.35. The third-order valence-electron chi connectivity index (χ3n) is 2.85. The number of rotatable bonds is 4. The first-order valence-electron chi connectivity index (χ1n) is 6.10. The van der Waals surface area contributed by atoms with E-state index in [0.29, 0.717) is 5.56 Å². The zero-order valence-electron chi connectivity index (χ0n) is 10.5. The number of halogens is 4. The van der Waals surface area contributed by atoms with Crippen molar-refractivity contribution in [3.63, 3.8) is 0 Å². The van der Waals surface area contributed by atoms with E-state index in [0.717, 1.165) is 12.8 Å². The van der Waals surface area contributed by atoms with E-state index < -0.39 is 24.7 Å². The highest BCUT2D eigenvalue weighted by Crippen LogP contribution is 2.29. The van der Waals surface area contributed by atoms with Gasteiger partial charge in [-0.2, -0.15) is 13.2 Å². The average molecular weight is 291 g/mol. The minimum Gasteiger partial charge on any atom is -0.440 e. The second-order valence-electron chi connectivity index (χ2n) is 4.66. The third-order valence-corrected chi connectivity index (χ3v) is 2.85. The van der Waals surface area contributed by atoms with Crippen LogP contribution in [0.25, 0.3) is 0 Å². The van der Waals surface area contributed by atoms with Crippen LogP contribution in [0.2, 0.25) is 0 Å². The maximum Gasteiger partial charge on any atom is 0.422 e. The largest absolute Gasteiger partial charge is 0.440 e. The molecule has 1 aliphatic carbocycles. The number of hydrogen-bond acceptors (Lipinski definition) is 2. The summed E-state index contributed by atoms with van der Waals surface area (Å²) >= 11 is 0. The quantitative estimate of drug-likeness (QED) is 0.795. The summed E-state index contributed by atoms with van der Waals surface area (Å²) in [6.07, 6.45) is -4.06. The van der Waals surface area contributed by atoms with Gasteiger partial charge in [-0.15, -0.1) is 0 Å². The lowest BCUT2D eigenvalue weighted by atomic mass is 10.2. The molecule has 1 aliphatic rings. The Morgan fingerprint density at radius 3 is 2.35 bits per heavy atom. The highest BCUT2D eigenvalue weighted by molar-refractivity contribution is 5.68. The molecule has 0 saturated heterocycles. The molecule has 0 unspecified atom stereocenters.